The molecule has 1 aromatic heterocycles. The van der Waals surface area contributed by atoms with Crippen LogP contribution in [0.1, 0.15) is 19.5 Å². The van der Waals surface area contributed by atoms with Crippen molar-refractivity contribution in [2.24, 2.45) is 0 Å². The highest BCUT2D eigenvalue weighted by Crippen LogP contribution is 2.15. The quantitative estimate of drug-likeness (QED) is 0.815. The monoisotopic (exact) mass is 243 g/mol. The van der Waals surface area contributed by atoms with E-state index in [0.717, 1.165) is 16.6 Å². The molecule has 0 aliphatic rings. The highest BCUT2D eigenvalue weighted by molar-refractivity contribution is 9.10. The molecule has 0 amide bonds. The Morgan fingerprint density at radius 2 is 2.15 bits per heavy atom. The number of nitrogens with zero attached hydrogens (tertiary/aromatic N) is 1. The van der Waals surface area contributed by atoms with E-state index in [1.165, 1.54) is 0 Å². The number of aromatic nitrogens is 1. The molecule has 0 fully saturated rings. The van der Waals surface area contributed by atoms with Crippen molar-refractivity contribution in [3.63, 3.8) is 0 Å². The van der Waals surface area contributed by atoms with Crippen molar-refractivity contribution < 1.29 is 4.74 Å². The van der Waals surface area contributed by atoms with Gasteiger partial charge < -0.3 is 4.74 Å². The van der Waals surface area contributed by atoms with Gasteiger partial charge in [-0.3, -0.25) is 4.98 Å². The molecular weight excluding hydrogens is 230 g/mol. The van der Waals surface area contributed by atoms with E-state index < -0.39 is 0 Å². The lowest BCUT2D eigenvalue weighted by molar-refractivity contribution is 0.0224. The SMILES string of the molecule is COC(C)(C)Cc1ccc(Br)cn1. The molecule has 2 nitrogen and oxygen atoms in total. The molecule has 0 aliphatic heterocycles. The number of halogens is 1. The second kappa shape index (κ2) is 4.20. The Morgan fingerprint density at radius 3 is 2.62 bits per heavy atom. The van der Waals surface area contributed by atoms with Crippen molar-refractivity contribution in [3.8, 4) is 0 Å². The zero-order valence-corrected chi connectivity index (χ0v) is 9.76. The van der Waals surface area contributed by atoms with E-state index in [1.807, 2.05) is 12.1 Å². The van der Waals surface area contributed by atoms with Crippen molar-refractivity contribution in [2.45, 2.75) is 25.9 Å². The van der Waals surface area contributed by atoms with Crippen LogP contribution in [0.2, 0.25) is 0 Å². The smallest absolute Gasteiger partial charge is 0.0677 e. The molecule has 0 aliphatic carbocycles. The summed E-state index contributed by atoms with van der Waals surface area (Å²) in [5, 5.41) is 0. The standard InChI is InChI=1S/C10H14BrNO/c1-10(2,13-3)6-9-5-4-8(11)7-12-9/h4-5,7H,6H2,1-3H3. The first-order valence-electron chi connectivity index (χ1n) is 4.19. The molecule has 13 heavy (non-hydrogen) atoms. The average molecular weight is 244 g/mol. The summed E-state index contributed by atoms with van der Waals surface area (Å²) in [7, 11) is 1.72. The lowest BCUT2D eigenvalue weighted by Gasteiger charge is -2.22. The summed E-state index contributed by atoms with van der Waals surface area (Å²) in [5.74, 6) is 0. The maximum atomic E-state index is 5.32. The molecule has 72 valence electrons. The highest BCUT2D eigenvalue weighted by atomic mass is 79.9. The number of hydrogen-bond acceptors (Lipinski definition) is 2. The van der Waals surface area contributed by atoms with Crippen LogP contribution in [0.3, 0.4) is 0 Å². The van der Waals surface area contributed by atoms with E-state index in [9.17, 15) is 0 Å². The molecule has 1 rings (SSSR count). The maximum absolute atomic E-state index is 5.32. The van der Waals surface area contributed by atoms with E-state index in [-0.39, 0.29) is 5.60 Å². The molecule has 0 saturated carbocycles. The summed E-state index contributed by atoms with van der Waals surface area (Å²) in [6.07, 6.45) is 2.64. The van der Waals surface area contributed by atoms with Crippen molar-refractivity contribution in [2.75, 3.05) is 7.11 Å². The van der Waals surface area contributed by atoms with Gasteiger partial charge in [0.2, 0.25) is 0 Å². The minimum Gasteiger partial charge on any atom is -0.378 e. The lowest BCUT2D eigenvalue weighted by atomic mass is 10.0. The van der Waals surface area contributed by atoms with Gasteiger partial charge in [0.25, 0.3) is 0 Å². The zero-order valence-electron chi connectivity index (χ0n) is 8.17. The third-order valence-corrected chi connectivity index (χ3v) is 2.42. The van der Waals surface area contributed by atoms with Crippen molar-refractivity contribution in [1.29, 1.82) is 0 Å². The fourth-order valence-corrected chi connectivity index (χ4v) is 1.25. The van der Waals surface area contributed by atoms with Crippen LogP contribution in [0.5, 0.6) is 0 Å². The summed E-state index contributed by atoms with van der Waals surface area (Å²) >= 11 is 3.35. The van der Waals surface area contributed by atoms with Crippen LogP contribution in [-0.4, -0.2) is 17.7 Å². The molecule has 1 heterocycles. The number of methoxy groups -OCH3 is 1. The molecule has 3 heteroatoms. The molecule has 0 spiro atoms. The minimum absolute atomic E-state index is 0.138. The molecule has 0 aromatic carbocycles. The first kappa shape index (κ1) is 10.7. The highest BCUT2D eigenvalue weighted by Gasteiger charge is 2.17. The van der Waals surface area contributed by atoms with Gasteiger partial charge in [0.1, 0.15) is 0 Å². The first-order chi connectivity index (χ1) is 6.03. The van der Waals surface area contributed by atoms with Crippen molar-refractivity contribution in [1.82, 2.24) is 4.98 Å². The van der Waals surface area contributed by atoms with Gasteiger partial charge in [-0.05, 0) is 41.9 Å². The topological polar surface area (TPSA) is 22.1 Å². The van der Waals surface area contributed by atoms with Crippen LogP contribution >= 0.6 is 15.9 Å². The normalized spacial score (nSPS) is 11.7. The predicted octanol–water partition coefficient (Wildman–Crippen LogP) is 2.81. The van der Waals surface area contributed by atoms with Crippen LogP contribution in [0.4, 0.5) is 0 Å². The molecule has 0 N–H and O–H groups in total. The van der Waals surface area contributed by atoms with Gasteiger partial charge in [-0.25, -0.2) is 0 Å². The van der Waals surface area contributed by atoms with Crippen LogP contribution in [0, 0.1) is 0 Å². The van der Waals surface area contributed by atoms with E-state index >= 15 is 0 Å². The van der Waals surface area contributed by atoms with Crippen LogP contribution < -0.4 is 0 Å². The van der Waals surface area contributed by atoms with E-state index in [0.29, 0.717) is 0 Å². The Kier molecular flexibility index (Phi) is 3.45. The molecule has 0 radical (unpaired) electrons. The van der Waals surface area contributed by atoms with Gasteiger partial charge in [-0.15, -0.1) is 0 Å². The molecule has 1 aromatic rings. The van der Waals surface area contributed by atoms with Crippen molar-refractivity contribution in [3.05, 3.63) is 28.5 Å². The van der Waals surface area contributed by atoms with E-state index in [4.69, 9.17) is 4.74 Å². The van der Waals surface area contributed by atoms with Crippen LogP contribution in [0.25, 0.3) is 0 Å². The Bertz CT molecular complexity index is 269. The van der Waals surface area contributed by atoms with Gasteiger partial charge >= 0.3 is 0 Å². The Hall–Kier alpha value is -0.410. The Morgan fingerprint density at radius 1 is 1.46 bits per heavy atom. The van der Waals surface area contributed by atoms with Crippen LogP contribution in [0.15, 0.2) is 22.8 Å². The molecule has 0 atom stereocenters. The fourth-order valence-electron chi connectivity index (χ4n) is 1.02. The van der Waals surface area contributed by atoms with Gasteiger partial charge in [-0.1, -0.05) is 0 Å². The fraction of sp³-hybridized carbons (Fsp3) is 0.500. The van der Waals surface area contributed by atoms with Gasteiger partial charge in [-0.2, -0.15) is 0 Å². The first-order valence-corrected chi connectivity index (χ1v) is 4.98. The van der Waals surface area contributed by atoms with Crippen molar-refractivity contribution >= 4 is 15.9 Å². The third kappa shape index (κ3) is 3.44. The average Bonchev–Trinajstić information content (AvgIpc) is 2.09. The second-order valence-electron chi connectivity index (χ2n) is 3.61. The summed E-state index contributed by atoms with van der Waals surface area (Å²) in [6.45, 7) is 4.10. The number of rotatable bonds is 3. The predicted molar refractivity (Wildman–Crippen MR) is 56.7 cm³/mol. The summed E-state index contributed by atoms with van der Waals surface area (Å²) in [5.41, 5.74) is 0.913. The molecular formula is C10H14BrNO. The van der Waals surface area contributed by atoms with E-state index in [1.54, 1.807) is 13.3 Å². The van der Waals surface area contributed by atoms with Gasteiger partial charge in [0, 0.05) is 29.9 Å². The second-order valence-corrected chi connectivity index (χ2v) is 4.52. The Labute approximate surface area is 87.5 Å². The minimum atomic E-state index is -0.138. The molecule has 0 saturated heterocycles. The number of ether oxygens (including phenoxy) is 1. The number of pyridine rings is 1. The number of hydrogen-bond donors (Lipinski definition) is 0. The Balaban J connectivity index is 2.69. The largest absolute Gasteiger partial charge is 0.378 e. The molecule has 0 bridgehead atoms. The summed E-state index contributed by atoms with van der Waals surface area (Å²) < 4.78 is 6.33. The van der Waals surface area contributed by atoms with Crippen LogP contribution in [-0.2, 0) is 11.2 Å². The molecule has 0 unspecified atom stereocenters. The lowest BCUT2D eigenvalue weighted by Crippen LogP contribution is -2.25. The maximum Gasteiger partial charge on any atom is 0.0677 e. The third-order valence-electron chi connectivity index (χ3n) is 1.95. The van der Waals surface area contributed by atoms with Gasteiger partial charge in [0.05, 0.1) is 5.60 Å². The summed E-state index contributed by atoms with van der Waals surface area (Å²) in [6, 6.07) is 4.00. The zero-order chi connectivity index (χ0) is 9.90. The van der Waals surface area contributed by atoms with Gasteiger partial charge in [0.15, 0.2) is 0 Å². The van der Waals surface area contributed by atoms with E-state index in [2.05, 4.69) is 34.8 Å². The summed E-state index contributed by atoms with van der Waals surface area (Å²) in [4.78, 5) is 4.28.